The summed E-state index contributed by atoms with van der Waals surface area (Å²) < 4.78 is 0. The van der Waals surface area contributed by atoms with E-state index in [1.54, 1.807) is 30.9 Å². The molecule has 124 valence electrons. The number of nitrogens with zero attached hydrogens (tertiary/aromatic N) is 3. The summed E-state index contributed by atoms with van der Waals surface area (Å²) in [5.74, 6) is 0.0760. The summed E-state index contributed by atoms with van der Waals surface area (Å²) in [4.78, 5) is 16.8. The maximum atomic E-state index is 12.9. The Balaban J connectivity index is 2.18. The van der Waals surface area contributed by atoms with Crippen LogP contribution in [0, 0.1) is 11.3 Å². The summed E-state index contributed by atoms with van der Waals surface area (Å²) in [6, 6.07) is 9.01. The first-order chi connectivity index (χ1) is 10.9. The second-order valence-corrected chi connectivity index (χ2v) is 6.68. The molecule has 1 atom stereocenters. The lowest BCUT2D eigenvalue weighted by atomic mass is 9.99. The minimum Gasteiger partial charge on any atom is -0.389 e. The average Bonchev–Trinajstić information content (AvgIpc) is 2.52. The highest BCUT2D eigenvalue weighted by Crippen LogP contribution is 2.25. The number of amides is 1. The first-order valence-electron chi connectivity index (χ1n) is 8.13. The van der Waals surface area contributed by atoms with E-state index >= 15 is 0 Å². The standard InChI is InChI=1S/C18H25N3O2/c1-4-20(13-18(2,3)23)16-6-5-11-21(17(16)22)15-9-7-14(12-19)8-10-15/h7-10,16,23H,4-6,11,13H2,1-3H3. The van der Waals surface area contributed by atoms with Crippen LogP contribution >= 0.6 is 0 Å². The summed E-state index contributed by atoms with van der Waals surface area (Å²) >= 11 is 0. The molecule has 0 saturated carbocycles. The Hall–Kier alpha value is -1.90. The molecule has 1 heterocycles. The molecule has 1 N–H and O–H groups in total. The van der Waals surface area contributed by atoms with Crippen LogP contribution in [0.25, 0.3) is 0 Å². The van der Waals surface area contributed by atoms with Crippen LogP contribution in [-0.4, -0.2) is 47.2 Å². The molecule has 1 unspecified atom stereocenters. The second kappa shape index (κ2) is 7.12. The number of carbonyl (C=O) groups is 1. The zero-order chi connectivity index (χ0) is 17.0. The molecule has 23 heavy (non-hydrogen) atoms. The van der Waals surface area contributed by atoms with Crippen LogP contribution in [0.4, 0.5) is 5.69 Å². The van der Waals surface area contributed by atoms with Crippen molar-refractivity contribution in [2.75, 3.05) is 24.5 Å². The Morgan fingerprint density at radius 3 is 2.57 bits per heavy atom. The molecule has 2 rings (SSSR count). The van der Waals surface area contributed by atoms with Crippen molar-refractivity contribution in [1.29, 1.82) is 5.26 Å². The van der Waals surface area contributed by atoms with E-state index in [1.807, 2.05) is 19.1 Å². The number of anilines is 1. The van der Waals surface area contributed by atoms with E-state index in [0.29, 0.717) is 18.7 Å². The summed E-state index contributed by atoms with van der Waals surface area (Å²) in [6.45, 7) is 7.44. The van der Waals surface area contributed by atoms with Crippen LogP contribution in [0.1, 0.15) is 39.2 Å². The van der Waals surface area contributed by atoms with Gasteiger partial charge in [0.25, 0.3) is 0 Å². The van der Waals surface area contributed by atoms with Gasteiger partial charge in [-0.3, -0.25) is 9.69 Å². The van der Waals surface area contributed by atoms with Crippen LogP contribution in [0.3, 0.4) is 0 Å². The first kappa shape index (κ1) is 17.5. The Morgan fingerprint density at radius 1 is 1.39 bits per heavy atom. The summed E-state index contributed by atoms with van der Waals surface area (Å²) in [5.41, 5.74) is 0.595. The highest BCUT2D eigenvalue weighted by atomic mass is 16.3. The van der Waals surface area contributed by atoms with Crippen LogP contribution in [-0.2, 0) is 4.79 Å². The predicted octanol–water partition coefficient (Wildman–Crippen LogP) is 2.15. The van der Waals surface area contributed by atoms with Gasteiger partial charge in [-0.15, -0.1) is 0 Å². The molecule has 0 aromatic heterocycles. The maximum Gasteiger partial charge on any atom is 0.244 e. The van der Waals surface area contributed by atoms with Crippen molar-refractivity contribution in [2.45, 2.75) is 45.3 Å². The number of hydrogen-bond acceptors (Lipinski definition) is 4. The average molecular weight is 315 g/mol. The van der Waals surface area contributed by atoms with Gasteiger partial charge in [0.2, 0.25) is 5.91 Å². The molecule has 1 aliphatic heterocycles. The third-order valence-corrected chi connectivity index (χ3v) is 4.16. The van der Waals surface area contributed by atoms with Gasteiger partial charge in [0.15, 0.2) is 0 Å². The smallest absolute Gasteiger partial charge is 0.244 e. The molecule has 1 aromatic carbocycles. The molecule has 5 heteroatoms. The molecule has 0 radical (unpaired) electrons. The fourth-order valence-corrected chi connectivity index (χ4v) is 3.11. The van der Waals surface area contributed by atoms with Crippen molar-refractivity contribution in [3.8, 4) is 6.07 Å². The minimum absolute atomic E-state index is 0.0760. The van der Waals surface area contributed by atoms with Crippen molar-refractivity contribution < 1.29 is 9.90 Å². The molecule has 0 bridgehead atoms. The summed E-state index contributed by atoms with van der Waals surface area (Å²) in [7, 11) is 0. The largest absolute Gasteiger partial charge is 0.389 e. The van der Waals surface area contributed by atoms with Gasteiger partial charge >= 0.3 is 0 Å². The first-order valence-corrected chi connectivity index (χ1v) is 8.13. The van der Waals surface area contributed by atoms with Gasteiger partial charge in [-0.1, -0.05) is 6.92 Å². The third kappa shape index (κ3) is 4.31. The van der Waals surface area contributed by atoms with E-state index in [1.165, 1.54) is 0 Å². The Labute approximate surface area is 138 Å². The lowest BCUT2D eigenvalue weighted by molar-refractivity contribution is -0.126. The molecule has 1 amide bonds. The van der Waals surface area contributed by atoms with E-state index in [4.69, 9.17) is 5.26 Å². The van der Waals surface area contributed by atoms with Crippen LogP contribution in [0.15, 0.2) is 24.3 Å². The summed E-state index contributed by atoms with van der Waals surface area (Å²) in [6.07, 6.45) is 1.74. The van der Waals surface area contributed by atoms with Gasteiger partial charge < -0.3 is 10.0 Å². The minimum atomic E-state index is -0.826. The van der Waals surface area contributed by atoms with Gasteiger partial charge in [0.05, 0.1) is 23.3 Å². The molecule has 1 fully saturated rings. The zero-order valence-electron chi connectivity index (χ0n) is 14.1. The Morgan fingerprint density at radius 2 is 2.04 bits per heavy atom. The quantitative estimate of drug-likeness (QED) is 0.904. The van der Waals surface area contributed by atoms with Crippen molar-refractivity contribution in [1.82, 2.24) is 4.90 Å². The van der Waals surface area contributed by atoms with Crippen LogP contribution in [0.2, 0.25) is 0 Å². The number of hydrogen-bond donors (Lipinski definition) is 1. The molecular formula is C18H25N3O2. The van der Waals surface area contributed by atoms with Crippen LogP contribution < -0.4 is 4.90 Å². The topological polar surface area (TPSA) is 67.6 Å². The Bertz CT molecular complexity index is 584. The van der Waals surface area contributed by atoms with Gasteiger partial charge in [-0.2, -0.15) is 5.26 Å². The molecular weight excluding hydrogens is 290 g/mol. The monoisotopic (exact) mass is 315 g/mol. The molecule has 1 aliphatic rings. The number of carbonyl (C=O) groups excluding carboxylic acids is 1. The fourth-order valence-electron chi connectivity index (χ4n) is 3.11. The SMILES string of the molecule is CCN(CC(C)(C)O)C1CCCN(c2ccc(C#N)cc2)C1=O. The van der Waals surface area contributed by atoms with Crippen molar-refractivity contribution in [2.24, 2.45) is 0 Å². The normalized spacial score (nSPS) is 19.0. The third-order valence-electron chi connectivity index (χ3n) is 4.16. The van der Waals surface area contributed by atoms with Gasteiger partial charge in [-0.25, -0.2) is 0 Å². The van der Waals surface area contributed by atoms with Crippen molar-refractivity contribution in [3.05, 3.63) is 29.8 Å². The fraction of sp³-hybridized carbons (Fsp3) is 0.556. The van der Waals surface area contributed by atoms with Gasteiger partial charge in [-0.05, 0) is 57.5 Å². The second-order valence-electron chi connectivity index (χ2n) is 6.68. The van der Waals surface area contributed by atoms with Crippen LogP contribution in [0.5, 0.6) is 0 Å². The molecule has 0 aliphatic carbocycles. The number of likely N-dealkylation sites (N-methyl/N-ethyl adjacent to an activating group) is 1. The number of aliphatic hydroxyl groups is 1. The zero-order valence-corrected chi connectivity index (χ0v) is 14.1. The highest BCUT2D eigenvalue weighted by Gasteiger charge is 2.35. The van der Waals surface area contributed by atoms with E-state index < -0.39 is 5.60 Å². The van der Waals surface area contributed by atoms with Gasteiger partial charge in [0.1, 0.15) is 0 Å². The number of nitriles is 1. The van der Waals surface area contributed by atoms with Gasteiger partial charge in [0, 0.05) is 18.8 Å². The van der Waals surface area contributed by atoms with Crippen molar-refractivity contribution in [3.63, 3.8) is 0 Å². The summed E-state index contributed by atoms with van der Waals surface area (Å²) in [5, 5.41) is 19.0. The predicted molar refractivity (Wildman–Crippen MR) is 90.1 cm³/mol. The number of benzene rings is 1. The van der Waals surface area contributed by atoms with E-state index in [-0.39, 0.29) is 11.9 Å². The lowest BCUT2D eigenvalue weighted by Gasteiger charge is -2.40. The molecule has 5 nitrogen and oxygen atoms in total. The van der Waals surface area contributed by atoms with E-state index in [0.717, 1.165) is 25.1 Å². The Kier molecular flexibility index (Phi) is 5.40. The van der Waals surface area contributed by atoms with E-state index in [9.17, 15) is 9.90 Å². The molecule has 1 saturated heterocycles. The number of piperidine rings is 1. The van der Waals surface area contributed by atoms with Crippen molar-refractivity contribution >= 4 is 11.6 Å². The highest BCUT2D eigenvalue weighted by molar-refractivity contribution is 5.98. The maximum absolute atomic E-state index is 12.9. The lowest BCUT2D eigenvalue weighted by Crippen LogP contribution is -2.55. The molecule has 1 aromatic rings. The molecule has 0 spiro atoms. The van der Waals surface area contributed by atoms with E-state index in [2.05, 4.69) is 11.0 Å². The number of rotatable bonds is 5.